The quantitative estimate of drug-likeness (QED) is 0.486. The maximum Gasteiger partial charge on any atom is 0.329 e. The van der Waals surface area contributed by atoms with Gasteiger partial charge in [0.2, 0.25) is 11.0 Å². The van der Waals surface area contributed by atoms with Gasteiger partial charge in [0.15, 0.2) is 4.34 Å². The summed E-state index contributed by atoms with van der Waals surface area (Å²) in [5, 5.41) is 10.6. The minimum Gasteiger partial charge on any atom is -0.467 e. The third kappa shape index (κ3) is 6.92. The lowest BCUT2D eigenvalue weighted by Gasteiger charge is -2.16. The highest BCUT2D eigenvalue weighted by Crippen LogP contribution is 2.23. The van der Waals surface area contributed by atoms with Crippen LogP contribution in [0.3, 0.4) is 0 Å². The number of rotatable bonds is 9. The first kappa shape index (κ1) is 19.5. The van der Waals surface area contributed by atoms with Crippen molar-refractivity contribution in [1.82, 2.24) is 15.5 Å². The Morgan fingerprint density at radius 1 is 1.32 bits per heavy atom. The van der Waals surface area contributed by atoms with E-state index in [2.05, 4.69) is 15.5 Å². The maximum atomic E-state index is 12.1. The van der Waals surface area contributed by atoms with Crippen LogP contribution in [0.2, 0.25) is 0 Å². The molecule has 10 heteroatoms. The number of hydrogen-bond acceptors (Lipinski definition) is 9. The molecule has 0 spiro atoms. The Morgan fingerprint density at radius 3 is 2.72 bits per heavy atom. The van der Waals surface area contributed by atoms with E-state index in [0.29, 0.717) is 15.2 Å². The van der Waals surface area contributed by atoms with Crippen LogP contribution < -0.4 is 11.1 Å². The first-order chi connectivity index (χ1) is 12.1. The molecule has 1 amide bonds. The number of hydrogen-bond donors (Lipinski definition) is 2. The molecule has 1 aromatic heterocycles. The van der Waals surface area contributed by atoms with Crippen molar-refractivity contribution in [2.24, 2.45) is 0 Å². The van der Waals surface area contributed by atoms with Gasteiger partial charge in [-0.3, -0.25) is 4.79 Å². The van der Waals surface area contributed by atoms with Gasteiger partial charge in [0.1, 0.15) is 6.04 Å². The van der Waals surface area contributed by atoms with Crippen molar-refractivity contribution < 1.29 is 14.3 Å². The molecule has 0 unspecified atom stereocenters. The van der Waals surface area contributed by atoms with E-state index in [-0.39, 0.29) is 11.7 Å². The Kier molecular flexibility index (Phi) is 8.02. The van der Waals surface area contributed by atoms with Crippen molar-refractivity contribution in [3.63, 3.8) is 0 Å². The maximum absolute atomic E-state index is 12.1. The van der Waals surface area contributed by atoms with Crippen LogP contribution in [0.15, 0.2) is 34.7 Å². The third-order valence-electron chi connectivity index (χ3n) is 2.97. The van der Waals surface area contributed by atoms with Crippen molar-refractivity contribution in [2.75, 3.05) is 24.3 Å². The van der Waals surface area contributed by atoms with Crippen LogP contribution in [-0.2, 0) is 20.1 Å². The third-order valence-corrected chi connectivity index (χ3v) is 5.96. The van der Waals surface area contributed by atoms with Crippen molar-refractivity contribution in [3.05, 3.63) is 35.9 Å². The van der Waals surface area contributed by atoms with Crippen LogP contribution in [-0.4, -0.2) is 46.7 Å². The summed E-state index contributed by atoms with van der Waals surface area (Å²) in [6.07, 6.45) is 0. The van der Waals surface area contributed by atoms with E-state index in [4.69, 9.17) is 10.5 Å². The summed E-state index contributed by atoms with van der Waals surface area (Å²) in [6, 6.07) is 9.23. The summed E-state index contributed by atoms with van der Waals surface area (Å²) >= 11 is 4.00. The number of aromatic nitrogens is 2. The number of benzene rings is 1. The fourth-order valence-corrected chi connectivity index (χ4v) is 4.27. The molecule has 1 heterocycles. The highest BCUT2D eigenvalue weighted by molar-refractivity contribution is 8.01. The van der Waals surface area contributed by atoms with E-state index in [1.54, 1.807) is 11.8 Å². The zero-order chi connectivity index (χ0) is 18.1. The predicted molar refractivity (Wildman–Crippen MR) is 102 cm³/mol. The summed E-state index contributed by atoms with van der Waals surface area (Å²) in [6.45, 7) is 0. The molecule has 0 fully saturated rings. The predicted octanol–water partition coefficient (Wildman–Crippen LogP) is 1.80. The normalized spacial score (nSPS) is 11.7. The first-order valence-corrected chi connectivity index (χ1v) is 10.2. The zero-order valence-corrected chi connectivity index (χ0v) is 16.0. The molecule has 7 nitrogen and oxygen atoms in total. The van der Waals surface area contributed by atoms with Gasteiger partial charge in [-0.15, -0.1) is 10.2 Å². The molecule has 25 heavy (non-hydrogen) atoms. The summed E-state index contributed by atoms with van der Waals surface area (Å²) in [5.41, 5.74) is 6.65. The van der Waals surface area contributed by atoms with Gasteiger partial charge in [-0.2, -0.15) is 11.8 Å². The van der Waals surface area contributed by atoms with Gasteiger partial charge in [0.25, 0.3) is 0 Å². The monoisotopic (exact) mass is 398 g/mol. The number of nitrogens with two attached hydrogens (primary N) is 1. The van der Waals surface area contributed by atoms with Crippen LogP contribution in [0.5, 0.6) is 0 Å². The summed E-state index contributed by atoms with van der Waals surface area (Å²) in [4.78, 5) is 23.9. The van der Waals surface area contributed by atoms with Crippen LogP contribution in [0.1, 0.15) is 5.56 Å². The summed E-state index contributed by atoms with van der Waals surface area (Å²) in [5.74, 6) is 0.589. The van der Waals surface area contributed by atoms with Crippen molar-refractivity contribution in [2.45, 2.75) is 16.1 Å². The van der Waals surface area contributed by atoms with E-state index >= 15 is 0 Å². The molecule has 0 bridgehead atoms. The molecule has 1 aromatic carbocycles. The van der Waals surface area contributed by atoms with Crippen LogP contribution in [0.25, 0.3) is 0 Å². The van der Waals surface area contributed by atoms with Crippen molar-refractivity contribution in [3.8, 4) is 0 Å². The van der Waals surface area contributed by atoms with Gasteiger partial charge >= 0.3 is 5.97 Å². The summed E-state index contributed by atoms with van der Waals surface area (Å²) in [7, 11) is 1.31. The molecule has 0 aliphatic heterocycles. The molecular weight excluding hydrogens is 380 g/mol. The highest BCUT2D eigenvalue weighted by Gasteiger charge is 2.21. The van der Waals surface area contributed by atoms with Gasteiger partial charge in [-0.05, 0) is 5.56 Å². The first-order valence-electron chi connectivity index (χ1n) is 7.29. The Bertz CT molecular complexity index is 696. The van der Waals surface area contributed by atoms with Crippen LogP contribution in [0.4, 0.5) is 5.13 Å². The smallest absolute Gasteiger partial charge is 0.329 e. The minimum absolute atomic E-state index is 0.130. The van der Waals surface area contributed by atoms with E-state index in [0.717, 1.165) is 11.3 Å². The number of nitrogens with zero attached hydrogens (tertiary/aromatic N) is 2. The Hall–Kier alpha value is -1.78. The standard InChI is InChI=1S/C15H18N4O3S3/c1-22-13(21)11(8-23-7-10-5-3-2-4-6-10)17-12(20)9-24-15-19-18-14(16)25-15/h2-6,11H,7-9H2,1H3,(H2,16,18)(H,17,20)/t11-/m0/s1. The average molecular weight is 399 g/mol. The van der Waals surface area contributed by atoms with E-state index < -0.39 is 12.0 Å². The van der Waals surface area contributed by atoms with Gasteiger partial charge in [0, 0.05) is 11.5 Å². The number of carbonyl (C=O) groups excluding carboxylic acids is 2. The van der Waals surface area contributed by atoms with Gasteiger partial charge in [-0.25, -0.2) is 4.79 Å². The molecule has 0 radical (unpaired) electrons. The fourth-order valence-electron chi connectivity index (χ4n) is 1.82. The average Bonchev–Trinajstić information content (AvgIpc) is 3.04. The lowest BCUT2D eigenvalue weighted by molar-refractivity contribution is -0.144. The SMILES string of the molecule is COC(=O)[C@H](CSCc1ccccc1)NC(=O)CSc1nnc(N)s1. The number of methoxy groups -OCH3 is 1. The number of carbonyl (C=O) groups is 2. The van der Waals surface area contributed by atoms with Crippen molar-refractivity contribution in [1.29, 1.82) is 0 Å². The lowest BCUT2D eigenvalue weighted by atomic mass is 10.2. The second-order valence-electron chi connectivity index (χ2n) is 4.84. The number of nitrogens with one attached hydrogen (secondary N) is 1. The molecule has 3 N–H and O–H groups in total. The topological polar surface area (TPSA) is 107 Å². The Morgan fingerprint density at radius 2 is 2.08 bits per heavy atom. The van der Waals surface area contributed by atoms with E-state index in [1.807, 2.05) is 30.3 Å². The molecular formula is C15H18N4O3S3. The number of esters is 1. The number of anilines is 1. The van der Waals surface area contributed by atoms with Crippen LogP contribution in [0, 0.1) is 0 Å². The second kappa shape index (κ2) is 10.3. The molecule has 2 rings (SSSR count). The molecule has 0 aliphatic carbocycles. The molecule has 0 aliphatic rings. The minimum atomic E-state index is -0.689. The van der Waals surface area contributed by atoms with Gasteiger partial charge in [0.05, 0.1) is 12.9 Å². The highest BCUT2D eigenvalue weighted by atomic mass is 32.2. The number of amides is 1. The molecule has 134 valence electrons. The largest absolute Gasteiger partial charge is 0.467 e. The van der Waals surface area contributed by atoms with E-state index in [9.17, 15) is 9.59 Å². The van der Waals surface area contributed by atoms with Gasteiger partial charge < -0.3 is 15.8 Å². The number of ether oxygens (including phenoxy) is 1. The molecule has 0 saturated heterocycles. The number of thioether (sulfide) groups is 2. The molecule has 0 saturated carbocycles. The number of nitrogen functional groups attached to an aromatic ring is 1. The zero-order valence-electron chi connectivity index (χ0n) is 13.5. The summed E-state index contributed by atoms with van der Waals surface area (Å²) < 4.78 is 5.38. The second-order valence-corrected chi connectivity index (χ2v) is 8.10. The lowest BCUT2D eigenvalue weighted by Crippen LogP contribution is -2.44. The Balaban J connectivity index is 1.80. The molecule has 2 aromatic rings. The fraction of sp³-hybridized carbons (Fsp3) is 0.333. The van der Waals surface area contributed by atoms with Crippen LogP contribution >= 0.6 is 34.9 Å². The van der Waals surface area contributed by atoms with Crippen molar-refractivity contribution >= 4 is 51.9 Å². The molecule has 1 atom stereocenters. The van der Waals surface area contributed by atoms with E-state index in [1.165, 1.54) is 30.2 Å². The van der Waals surface area contributed by atoms with Gasteiger partial charge in [-0.1, -0.05) is 53.4 Å². The Labute approximate surface area is 158 Å².